The Bertz CT molecular complexity index is 1030. The first kappa shape index (κ1) is 18.7. The predicted molar refractivity (Wildman–Crippen MR) is 103 cm³/mol. The number of carbonyl (C=O) groups is 3. The van der Waals surface area contributed by atoms with Gasteiger partial charge in [0.05, 0.1) is 0 Å². The minimum absolute atomic E-state index is 0.0270. The first-order chi connectivity index (χ1) is 13.3. The molecule has 2 aromatic rings. The number of piperidine rings is 1. The highest BCUT2D eigenvalue weighted by molar-refractivity contribution is 8.15. The van der Waals surface area contributed by atoms with E-state index in [1.165, 1.54) is 17.6 Å². The number of hydrogen-bond donors (Lipinski definition) is 1. The highest BCUT2D eigenvalue weighted by atomic mass is 32.2. The summed E-state index contributed by atoms with van der Waals surface area (Å²) in [6.45, 7) is 2.91. The van der Waals surface area contributed by atoms with Gasteiger partial charge in [-0.1, -0.05) is 11.8 Å². The number of likely N-dealkylation sites (tertiary alicyclic amines) is 1. The lowest BCUT2D eigenvalue weighted by molar-refractivity contribution is -0.135. The van der Waals surface area contributed by atoms with Gasteiger partial charge in [0.2, 0.25) is 11.8 Å². The van der Waals surface area contributed by atoms with Gasteiger partial charge in [-0.2, -0.15) is 0 Å². The second-order valence-corrected chi connectivity index (χ2v) is 8.45. The number of thioether (sulfide) groups is 1. The van der Waals surface area contributed by atoms with Crippen LogP contribution in [-0.2, 0) is 9.59 Å². The van der Waals surface area contributed by atoms with E-state index in [0.29, 0.717) is 24.4 Å². The summed E-state index contributed by atoms with van der Waals surface area (Å²) in [6.07, 6.45) is 1.75. The van der Waals surface area contributed by atoms with E-state index in [2.05, 4.69) is 10.1 Å². The van der Waals surface area contributed by atoms with Crippen LogP contribution in [0.3, 0.4) is 0 Å². The van der Waals surface area contributed by atoms with Crippen LogP contribution in [0.15, 0.2) is 16.9 Å². The van der Waals surface area contributed by atoms with Crippen LogP contribution in [0.1, 0.15) is 36.6 Å². The van der Waals surface area contributed by atoms with E-state index in [0.717, 1.165) is 35.2 Å². The lowest BCUT2D eigenvalue weighted by Gasteiger charge is -2.32. The smallest absolute Gasteiger partial charge is 0.288 e. The van der Waals surface area contributed by atoms with Gasteiger partial charge in [-0.25, -0.2) is 9.50 Å². The van der Waals surface area contributed by atoms with Gasteiger partial charge < -0.3 is 4.90 Å². The van der Waals surface area contributed by atoms with E-state index in [1.54, 1.807) is 11.8 Å². The molecule has 0 unspecified atom stereocenters. The molecule has 2 atom stereocenters. The average Bonchev–Trinajstić information content (AvgIpc) is 3.19. The van der Waals surface area contributed by atoms with Gasteiger partial charge in [-0.3, -0.25) is 29.2 Å². The number of aromatic nitrogens is 3. The summed E-state index contributed by atoms with van der Waals surface area (Å²) < 4.78 is 1.42. The monoisotopic (exact) mass is 403 g/mol. The minimum Gasteiger partial charge on any atom is -0.342 e. The second kappa shape index (κ2) is 7.08. The molecule has 148 valence electrons. The zero-order chi connectivity index (χ0) is 20.0. The Morgan fingerprint density at radius 2 is 2.11 bits per heavy atom. The van der Waals surface area contributed by atoms with E-state index in [4.69, 9.17) is 0 Å². The molecule has 0 spiro atoms. The summed E-state index contributed by atoms with van der Waals surface area (Å²) >= 11 is 0.915. The van der Waals surface area contributed by atoms with Gasteiger partial charge in [0.25, 0.3) is 10.8 Å². The summed E-state index contributed by atoms with van der Waals surface area (Å²) in [6, 6.07) is 3.33. The molecule has 2 saturated heterocycles. The van der Waals surface area contributed by atoms with Crippen molar-refractivity contribution >= 4 is 34.5 Å². The van der Waals surface area contributed by atoms with Crippen molar-refractivity contribution in [2.75, 3.05) is 20.1 Å². The van der Waals surface area contributed by atoms with Crippen LogP contribution in [0.4, 0.5) is 4.79 Å². The van der Waals surface area contributed by atoms with Crippen molar-refractivity contribution in [2.45, 2.75) is 37.4 Å². The maximum Gasteiger partial charge on any atom is 0.288 e. The highest BCUT2D eigenvalue weighted by Gasteiger charge is 2.39. The molecule has 0 bridgehead atoms. The third kappa shape index (κ3) is 3.32. The maximum absolute atomic E-state index is 12.7. The maximum atomic E-state index is 12.7. The lowest BCUT2D eigenvalue weighted by Crippen LogP contribution is -2.41. The first-order valence-electron chi connectivity index (χ1n) is 9.19. The molecular weight excluding hydrogens is 382 g/mol. The van der Waals surface area contributed by atoms with Crippen molar-refractivity contribution in [1.82, 2.24) is 24.4 Å². The zero-order valence-electron chi connectivity index (χ0n) is 15.7. The number of aromatic amines is 1. The van der Waals surface area contributed by atoms with Gasteiger partial charge in [0.15, 0.2) is 5.65 Å². The lowest BCUT2D eigenvalue weighted by atomic mass is 9.94. The number of aryl methyl sites for hydroxylation is 1. The second-order valence-electron chi connectivity index (χ2n) is 7.29. The van der Waals surface area contributed by atoms with Crippen LogP contribution in [0.25, 0.3) is 5.65 Å². The molecule has 2 aliphatic rings. The van der Waals surface area contributed by atoms with Crippen molar-refractivity contribution in [2.24, 2.45) is 0 Å². The molecule has 9 nitrogen and oxygen atoms in total. The molecule has 28 heavy (non-hydrogen) atoms. The molecule has 1 N–H and O–H groups in total. The number of H-pyrrole nitrogens is 1. The molecule has 4 heterocycles. The Morgan fingerprint density at radius 3 is 2.82 bits per heavy atom. The van der Waals surface area contributed by atoms with Gasteiger partial charge in [-0.15, -0.1) is 0 Å². The van der Waals surface area contributed by atoms with Crippen molar-refractivity contribution < 1.29 is 14.4 Å². The Morgan fingerprint density at radius 1 is 1.32 bits per heavy atom. The average molecular weight is 403 g/mol. The topological polar surface area (TPSA) is 108 Å². The summed E-state index contributed by atoms with van der Waals surface area (Å²) in [5, 5.41) is 2.16. The third-order valence-electron chi connectivity index (χ3n) is 5.30. The highest BCUT2D eigenvalue weighted by Crippen LogP contribution is 2.31. The van der Waals surface area contributed by atoms with Gasteiger partial charge in [0.1, 0.15) is 5.25 Å². The van der Waals surface area contributed by atoms with Crippen molar-refractivity contribution in [3.8, 4) is 0 Å². The molecule has 0 saturated carbocycles. The molecule has 2 aliphatic heterocycles. The Balaban J connectivity index is 1.48. The molecule has 2 aromatic heterocycles. The number of carbonyl (C=O) groups excluding carboxylic acids is 3. The molecule has 0 radical (unpaired) electrons. The molecule has 2 fully saturated rings. The normalized spacial score (nSPS) is 23.1. The largest absolute Gasteiger partial charge is 0.342 e. The number of rotatable bonds is 3. The number of imide groups is 1. The number of nitrogens with zero attached hydrogens (tertiary/aromatic N) is 4. The fraction of sp³-hybridized carbons (Fsp3) is 0.500. The van der Waals surface area contributed by atoms with Crippen LogP contribution >= 0.6 is 11.8 Å². The van der Waals surface area contributed by atoms with Crippen molar-refractivity contribution in [3.05, 3.63) is 33.9 Å². The fourth-order valence-electron chi connectivity index (χ4n) is 3.77. The van der Waals surface area contributed by atoms with E-state index in [-0.39, 0.29) is 35.0 Å². The van der Waals surface area contributed by atoms with E-state index in [9.17, 15) is 19.2 Å². The third-order valence-corrected chi connectivity index (χ3v) is 6.42. The molecule has 10 heteroatoms. The fourth-order valence-corrected chi connectivity index (χ4v) is 4.75. The zero-order valence-corrected chi connectivity index (χ0v) is 16.5. The van der Waals surface area contributed by atoms with Crippen molar-refractivity contribution in [1.29, 1.82) is 0 Å². The Labute approximate surface area is 165 Å². The van der Waals surface area contributed by atoms with Crippen LogP contribution in [0.2, 0.25) is 0 Å². The summed E-state index contributed by atoms with van der Waals surface area (Å²) in [4.78, 5) is 55.7. The SMILES string of the molecule is Cc1cc(=O)n2[nH]c([C@H]3CCCN(C(=O)C[C@H]4SC(=O)N(C)C4=O)C3)cc2n1. The van der Waals surface area contributed by atoms with Crippen LogP contribution in [-0.4, -0.2) is 66.8 Å². The Kier molecular flexibility index (Phi) is 4.74. The number of amides is 3. The standard InChI is InChI=1S/C18H21N5O4S/c1-10-6-16(25)23-14(19-10)7-12(20-23)11-4-3-5-22(9-11)15(24)8-13-17(26)21(2)18(27)28-13/h6-7,11,13,20H,3-5,8-9H2,1-2H3/t11-,13+/m0/s1. The summed E-state index contributed by atoms with van der Waals surface area (Å²) in [7, 11) is 1.44. The quantitative estimate of drug-likeness (QED) is 0.823. The van der Waals surface area contributed by atoms with E-state index < -0.39 is 5.25 Å². The summed E-state index contributed by atoms with van der Waals surface area (Å²) in [5.74, 6) is -0.371. The molecule has 0 aromatic carbocycles. The van der Waals surface area contributed by atoms with Crippen LogP contribution in [0, 0.1) is 6.92 Å². The van der Waals surface area contributed by atoms with Gasteiger partial charge >= 0.3 is 0 Å². The van der Waals surface area contributed by atoms with E-state index >= 15 is 0 Å². The minimum atomic E-state index is -0.635. The molecule has 4 rings (SSSR count). The van der Waals surface area contributed by atoms with Crippen molar-refractivity contribution in [3.63, 3.8) is 0 Å². The molecule has 0 aliphatic carbocycles. The molecule has 3 amide bonds. The number of fused-ring (bicyclic) bond motifs is 1. The summed E-state index contributed by atoms with van der Waals surface area (Å²) in [5.41, 5.74) is 1.93. The van der Waals surface area contributed by atoms with Gasteiger partial charge in [-0.05, 0) is 19.8 Å². The molecular formula is C18H21N5O4S. The first-order valence-corrected chi connectivity index (χ1v) is 10.1. The Hall–Kier alpha value is -2.62. The predicted octanol–water partition coefficient (Wildman–Crippen LogP) is 1.12. The van der Waals surface area contributed by atoms with Crippen LogP contribution < -0.4 is 5.56 Å². The van der Waals surface area contributed by atoms with Crippen LogP contribution in [0.5, 0.6) is 0 Å². The van der Waals surface area contributed by atoms with E-state index in [1.807, 2.05) is 6.07 Å². The van der Waals surface area contributed by atoms with Gasteiger partial charge in [0, 0.05) is 56.0 Å². The number of hydrogen-bond acceptors (Lipinski definition) is 6. The number of nitrogens with one attached hydrogen (secondary N) is 1.